The fraction of sp³-hybridized carbons (Fsp3) is 0.333. The predicted molar refractivity (Wildman–Crippen MR) is 93.2 cm³/mol. The molecule has 1 N–H and O–H groups in total. The number of hydrogen-bond acceptors (Lipinski definition) is 2. The first-order chi connectivity index (χ1) is 10.0. The number of hydrogen-bond donors (Lipinski definition) is 1. The molecule has 0 fully saturated rings. The summed E-state index contributed by atoms with van der Waals surface area (Å²) >= 11 is 17.1. The molecule has 1 aromatic heterocycles. The minimum absolute atomic E-state index is 0.0132. The molecular weight excluding hydrogens is 396 g/mol. The third-order valence-corrected chi connectivity index (χ3v) is 5.42. The van der Waals surface area contributed by atoms with E-state index in [0.29, 0.717) is 15.1 Å². The summed E-state index contributed by atoms with van der Waals surface area (Å²) in [6, 6.07) is 6.61. The van der Waals surface area contributed by atoms with Gasteiger partial charge in [0.15, 0.2) is 0 Å². The largest absolute Gasteiger partial charge is 0.310 e. The molecule has 1 heterocycles. The van der Waals surface area contributed by atoms with E-state index in [1.807, 2.05) is 6.07 Å². The Balaban J connectivity index is 2.28. The molecule has 0 aliphatic carbocycles. The molecule has 0 saturated carbocycles. The normalized spacial score (nSPS) is 12.6. The first-order valence-electron chi connectivity index (χ1n) is 6.63. The van der Waals surface area contributed by atoms with Crippen LogP contribution in [0.25, 0.3) is 0 Å². The molecule has 1 atom stereocenters. The highest BCUT2D eigenvalue weighted by molar-refractivity contribution is 9.10. The van der Waals surface area contributed by atoms with Gasteiger partial charge in [0.05, 0.1) is 8.67 Å². The lowest BCUT2D eigenvalue weighted by atomic mass is 10.0. The Morgan fingerprint density at radius 3 is 2.71 bits per heavy atom. The topological polar surface area (TPSA) is 12.0 Å². The van der Waals surface area contributed by atoms with E-state index < -0.39 is 0 Å². The fourth-order valence-electron chi connectivity index (χ4n) is 2.12. The molecule has 0 amide bonds. The monoisotopic (exact) mass is 409 g/mol. The zero-order chi connectivity index (χ0) is 15.4. The van der Waals surface area contributed by atoms with Crippen LogP contribution in [0.3, 0.4) is 0 Å². The smallest absolute Gasteiger partial charge is 0.123 e. The maximum atomic E-state index is 13.4. The van der Waals surface area contributed by atoms with Crippen LogP contribution in [0.15, 0.2) is 28.7 Å². The summed E-state index contributed by atoms with van der Waals surface area (Å²) in [5, 5.41) is 3.46. The van der Waals surface area contributed by atoms with E-state index in [2.05, 4.69) is 28.2 Å². The van der Waals surface area contributed by atoms with Gasteiger partial charge in [0.25, 0.3) is 0 Å². The van der Waals surface area contributed by atoms with Crippen molar-refractivity contribution in [3.05, 3.63) is 54.4 Å². The molecule has 1 aromatic carbocycles. The molecule has 0 bridgehead atoms. The summed E-state index contributed by atoms with van der Waals surface area (Å²) in [5.74, 6) is -0.239. The van der Waals surface area contributed by atoms with Gasteiger partial charge in [-0.2, -0.15) is 0 Å². The molecule has 2 aromatic rings. The van der Waals surface area contributed by atoms with Crippen molar-refractivity contribution in [1.29, 1.82) is 0 Å². The van der Waals surface area contributed by atoms with Crippen molar-refractivity contribution < 1.29 is 4.39 Å². The zero-order valence-corrected chi connectivity index (χ0v) is 15.3. The Hall–Kier alpha value is -0.130. The summed E-state index contributed by atoms with van der Waals surface area (Å²) in [4.78, 5) is 0. The molecule has 114 valence electrons. The number of halogens is 4. The number of benzene rings is 1. The van der Waals surface area contributed by atoms with Crippen LogP contribution >= 0.6 is 50.5 Å². The Kier molecular flexibility index (Phi) is 6.51. The lowest BCUT2D eigenvalue weighted by Gasteiger charge is -2.19. The first-order valence-corrected chi connectivity index (χ1v) is 8.99. The van der Waals surface area contributed by atoms with Crippen LogP contribution in [0.2, 0.25) is 8.67 Å². The second kappa shape index (κ2) is 7.93. The lowest BCUT2D eigenvalue weighted by molar-refractivity contribution is 0.528. The maximum absolute atomic E-state index is 13.4. The fourth-order valence-corrected chi connectivity index (χ4v) is 4.11. The van der Waals surface area contributed by atoms with Gasteiger partial charge >= 0.3 is 0 Å². The first kappa shape index (κ1) is 17.2. The van der Waals surface area contributed by atoms with Crippen molar-refractivity contribution in [2.75, 3.05) is 6.54 Å². The van der Waals surface area contributed by atoms with E-state index in [0.717, 1.165) is 28.6 Å². The Labute approximate surface area is 146 Å². The minimum atomic E-state index is -0.239. The van der Waals surface area contributed by atoms with Crippen molar-refractivity contribution in [2.24, 2.45) is 0 Å². The molecule has 1 unspecified atom stereocenters. The van der Waals surface area contributed by atoms with E-state index in [1.165, 1.54) is 17.4 Å². The van der Waals surface area contributed by atoms with Gasteiger partial charge in [0, 0.05) is 16.1 Å². The van der Waals surface area contributed by atoms with E-state index >= 15 is 0 Å². The summed E-state index contributed by atoms with van der Waals surface area (Å²) in [6.45, 7) is 2.96. The van der Waals surface area contributed by atoms with E-state index in [4.69, 9.17) is 23.2 Å². The molecule has 0 aliphatic heterocycles. The van der Waals surface area contributed by atoms with Gasteiger partial charge in [0.1, 0.15) is 5.82 Å². The van der Waals surface area contributed by atoms with Gasteiger partial charge in [0.2, 0.25) is 0 Å². The quantitative estimate of drug-likeness (QED) is 0.594. The standard InChI is InChI=1S/C15H15BrCl2FNS/c1-2-5-20-13(11-8-14(17)21-15(11)18)7-9-6-10(19)3-4-12(9)16/h3-4,6,8,13,20H,2,5,7H2,1H3. The minimum Gasteiger partial charge on any atom is -0.310 e. The molecule has 1 nitrogen and oxygen atoms in total. The van der Waals surface area contributed by atoms with Crippen LogP contribution in [-0.2, 0) is 6.42 Å². The summed E-state index contributed by atoms with van der Waals surface area (Å²) in [7, 11) is 0. The lowest BCUT2D eigenvalue weighted by Crippen LogP contribution is -2.24. The number of rotatable bonds is 6. The van der Waals surface area contributed by atoms with Crippen molar-refractivity contribution in [2.45, 2.75) is 25.8 Å². The van der Waals surface area contributed by atoms with Crippen molar-refractivity contribution in [3.63, 3.8) is 0 Å². The summed E-state index contributed by atoms with van der Waals surface area (Å²) in [6.07, 6.45) is 1.65. The number of nitrogens with one attached hydrogen (secondary N) is 1. The second-order valence-electron chi connectivity index (χ2n) is 4.73. The SMILES string of the molecule is CCCNC(Cc1cc(F)ccc1Br)c1cc(Cl)sc1Cl. The average molecular weight is 411 g/mol. The van der Waals surface area contributed by atoms with E-state index in [9.17, 15) is 4.39 Å². The van der Waals surface area contributed by atoms with Crippen LogP contribution < -0.4 is 5.32 Å². The highest BCUT2D eigenvalue weighted by Crippen LogP contribution is 2.37. The zero-order valence-electron chi connectivity index (χ0n) is 11.4. The van der Waals surface area contributed by atoms with Crippen molar-refractivity contribution in [3.8, 4) is 0 Å². The van der Waals surface area contributed by atoms with Crippen LogP contribution in [0.1, 0.15) is 30.5 Å². The number of thiophene rings is 1. The predicted octanol–water partition coefficient (Wildman–Crippen LogP) is 6.24. The van der Waals surface area contributed by atoms with Gasteiger partial charge in [-0.3, -0.25) is 0 Å². The Morgan fingerprint density at radius 2 is 2.10 bits per heavy atom. The van der Waals surface area contributed by atoms with Crippen LogP contribution in [0, 0.1) is 5.82 Å². The molecule has 2 rings (SSSR count). The molecule has 0 radical (unpaired) electrons. The van der Waals surface area contributed by atoms with Gasteiger partial charge in [-0.05, 0) is 49.2 Å². The average Bonchev–Trinajstić information content (AvgIpc) is 2.77. The van der Waals surface area contributed by atoms with E-state index in [1.54, 1.807) is 12.1 Å². The highest BCUT2D eigenvalue weighted by atomic mass is 79.9. The van der Waals surface area contributed by atoms with E-state index in [-0.39, 0.29) is 11.9 Å². The summed E-state index contributed by atoms with van der Waals surface area (Å²) < 4.78 is 15.7. The maximum Gasteiger partial charge on any atom is 0.123 e. The van der Waals surface area contributed by atoms with Crippen LogP contribution in [0.4, 0.5) is 4.39 Å². The van der Waals surface area contributed by atoms with Gasteiger partial charge in [-0.15, -0.1) is 11.3 Å². The third-order valence-electron chi connectivity index (χ3n) is 3.13. The Morgan fingerprint density at radius 1 is 1.33 bits per heavy atom. The molecule has 6 heteroatoms. The molecule has 0 spiro atoms. The van der Waals surface area contributed by atoms with Gasteiger partial charge in [-0.25, -0.2) is 4.39 Å². The molecule has 21 heavy (non-hydrogen) atoms. The summed E-state index contributed by atoms with van der Waals surface area (Å²) in [5.41, 5.74) is 1.87. The van der Waals surface area contributed by atoms with Gasteiger partial charge in [-0.1, -0.05) is 46.1 Å². The van der Waals surface area contributed by atoms with Crippen molar-refractivity contribution >= 4 is 50.5 Å². The Bertz CT molecular complexity index is 618. The van der Waals surface area contributed by atoms with Crippen molar-refractivity contribution in [1.82, 2.24) is 5.32 Å². The van der Waals surface area contributed by atoms with Crippen LogP contribution in [0.5, 0.6) is 0 Å². The third kappa shape index (κ3) is 4.67. The van der Waals surface area contributed by atoms with Crippen LogP contribution in [-0.4, -0.2) is 6.54 Å². The second-order valence-corrected chi connectivity index (χ2v) is 7.87. The molecule has 0 aliphatic rings. The highest BCUT2D eigenvalue weighted by Gasteiger charge is 2.19. The molecular formula is C15H15BrCl2FNS. The van der Waals surface area contributed by atoms with Gasteiger partial charge < -0.3 is 5.32 Å². The molecule has 0 saturated heterocycles.